The molecule has 1 fully saturated rings. The van der Waals surface area contributed by atoms with Gasteiger partial charge in [0.05, 0.1) is 15.1 Å². The van der Waals surface area contributed by atoms with Crippen molar-refractivity contribution in [1.82, 2.24) is 8.87 Å². The number of benzene rings is 2. The third-order valence-electron chi connectivity index (χ3n) is 5.12. The number of aromatic nitrogens is 1. The van der Waals surface area contributed by atoms with Crippen LogP contribution in [0.15, 0.2) is 58.9 Å². The van der Waals surface area contributed by atoms with Crippen molar-refractivity contribution in [2.75, 3.05) is 6.54 Å². The van der Waals surface area contributed by atoms with Crippen LogP contribution in [0.5, 0.6) is 0 Å². The van der Waals surface area contributed by atoms with Gasteiger partial charge in [0.1, 0.15) is 17.7 Å². The molecule has 1 atom stereocenters. The number of hydrogen-bond acceptors (Lipinski definition) is 4. The second kappa shape index (κ2) is 8.64. The van der Waals surface area contributed by atoms with Crippen LogP contribution >= 0.6 is 11.3 Å². The Balaban J connectivity index is 1.75. The molecular formula is C21H18F3N3O3S2. The summed E-state index contributed by atoms with van der Waals surface area (Å²) in [4.78, 5) is 17.1. The molecule has 6 nitrogen and oxygen atoms in total. The zero-order chi connectivity index (χ0) is 23.0. The molecule has 0 bridgehead atoms. The van der Waals surface area contributed by atoms with Gasteiger partial charge in [0, 0.05) is 19.2 Å². The van der Waals surface area contributed by atoms with Crippen LogP contribution in [0.25, 0.3) is 10.2 Å². The molecule has 3 aromatic rings. The SMILES string of the molecule is C=CCn1c(=NC(=O)C2CCCN2S(=O)(=O)c2ccc(F)cc2)sc2cc(F)cc(F)c21. The van der Waals surface area contributed by atoms with E-state index in [-0.39, 0.29) is 39.4 Å². The second-order valence-corrected chi connectivity index (χ2v) is 10.1. The van der Waals surface area contributed by atoms with Gasteiger partial charge in [-0.05, 0) is 43.2 Å². The molecule has 0 spiro atoms. The van der Waals surface area contributed by atoms with E-state index < -0.39 is 39.4 Å². The Morgan fingerprint density at radius 3 is 2.59 bits per heavy atom. The second-order valence-electron chi connectivity index (χ2n) is 7.20. The smallest absolute Gasteiger partial charge is 0.266 e. The maximum absolute atomic E-state index is 14.4. The third kappa shape index (κ3) is 4.03. The molecule has 32 heavy (non-hydrogen) atoms. The van der Waals surface area contributed by atoms with E-state index in [0.717, 1.165) is 52.0 Å². The van der Waals surface area contributed by atoms with Gasteiger partial charge in [-0.2, -0.15) is 9.30 Å². The first-order valence-corrected chi connectivity index (χ1v) is 11.9. The first-order chi connectivity index (χ1) is 15.2. The number of carbonyl (C=O) groups excluding carboxylic acids is 1. The first-order valence-electron chi connectivity index (χ1n) is 9.67. The summed E-state index contributed by atoms with van der Waals surface area (Å²) in [6.45, 7) is 3.86. The molecule has 0 saturated carbocycles. The number of halogens is 3. The number of sulfonamides is 1. The fraction of sp³-hybridized carbons (Fsp3) is 0.238. The zero-order valence-electron chi connectivity index (χ0n) is 16.7. The molecule has 1 saturated heterocycles. The van der Waals surface area contributed by atoms with Crippen molar-refractivity contribution in [2.45, 2.75) is 30.3 Å². The Labute approximate surface area is 186 Å². The fourth-order valence-electron chi connectivity index (χ4n) is 3.70. The van der Waals surface area contributed by atoms with Crippen molar-refractivity contribution in [1.29, 1.82) is 0 Å². The number of thiazole rings is 1. The van der Waals surface area contributed by atoms with Crippen molar-refractivity contribution >= 4 is 37.5 Å². The molecule has 1 amide bonds. The van der Waals surface area contributed by atoms with E-state index in [0.29, 0.717) is 6.42 Å². The minimum Gasteiger partial charge on any atom is -0.310 e. The van der Waals surface area contributed by atoms with E-state index in [1.165, 1.54) is 10.6 Å². The normalized spacial score (nSPS) is 17.8. The highest BCUT2D eigenvalue weighted by molar-refractivity contribution is 7.89. The molecule has 0 N–H and O–H groups in total. The number of fused-ring (bicyclic) bond motifs is 1. The summed E-state index contributed by atoms with van der Waals surface area (Å²) in [7, 11) is -4.04. The van der Waals surface area contributed by atoms with Gasteiger partial charge in [-0.3, -0.25) is 4.79 Å². The summed E-state index contributed by atoms with van der Waals surface area (Å²) < 4.78 is 70.0. The number of carbonyl (C=O) groups is 1. The van der Waals surface area contributed by atoms with Crippen molar-refractivity contribution in [2.24, 2.45) is 4.99 Å². The van der Waals surface area contributed by atoms with E-state index in [9.17, 15) is 26.4 Å². The molecule has 11 heteroatoms. The van der Waals surface area contributed by atoms with Crippen LogP contribution < -0.4 is 4.80 Å². The van der Waals surface area contributed by atoms with Crippen molar-refractivity contribution in [3.63, 3.8) is 0 Å². The first kappa shape index (κ1) is 22.4. The minimum absolute atomic E-state index is 0.0880. The van der Waals surface area contributed by atoms with E-state index in [1.807, 2.05) is 0 Å². The summed E-state index contributed by atoms with van der Waals surface area (Å²) >= 11 is 0.924. The van der Waals surface area contributed by atoms with E-state index in [1.54, 1.807) is 0 Å². The predicted octanol–water partition coefficient (Wildman–Crippen LogP) is 3.59. The third-order valence-corrected chi connectivity index (χ3v) is 8.07. The molecular weight excluding hydrogens is 463 g/mol. The van der Waals surface area contributed by atoms with Crippen molar-refractivity contribution in [3.05, 3.63) is 71.3 Å². The van der Waals surface area contributed by atoms with Crippen molar-refractivity contribution in [3.8, 4) is 0 Å². The van der Waals surface area contributed by atoms with Gasteiger partial charge in [-0.1, -0.05) is 17.4 Å². The lowest BCUT2D eigenvalue weighted by molar-refractivity contribution is -0.121. The molecule has 0 radical (unpaired) electrons. The van der Waals surface area contributed by atoms with Crippen LogP contribution in [-0.4, -0.2) is 35.8 Å². The van der Waals surface area contributed by atoms with Gasteiger partial charge >= 0.3 is 0 Å². The number of allylic oxidation sites excluding steroid dienone is 1. The van der Waals surface area contributed by atoms with Crippen LogP contribution in [0, 0.1) is 17.5 Å². The molecule has 2 heterocycles. The lowest BCUT2D eigenvalue weighted by Gasteiger charge is -2.21. The van der Waals surface area contributed by atoms with Gasteiger partial charge in [0.15, 0.2) is 10.6 Å². The van der Waals surface area contributed by atoms with Gasteiger partial charge in [0.2, 0.25) is 10.0 Å². The maximum Gasteiger partial charge on any atom is 0.266 e. The summed E-state index contributed by atoms with van der Waals surface area (Å²) in [6, 6.07) is 5.20. The molecule has 1 aliphatic rings. The molecule has 1 aromatic heterocycles. The van der Waals surface area contributed by atoms with Crippen LogP contribution in [0.4, 0.5) is 13.2 Å². The minimum atomic E-state index is -4.04. The maximum atomic E-state index is 14.4. The van der Waals surface area contributed by atoms with Crippen molar-refractivity contribution < 1.29 is 26.4 Å². The summed E-state index contributed by atoms with van der Waals surface area (Å²) in [5.74, 6) is -2.84. The Morgan fingerprint density at radius 2 is 1.91 bits per heavy atom. The highest BCUT2D eigenvalue weighted by Crippen LogP contribution is 2.27. The highest BCUT2D eigenvalue weighted by atomic mass is 32.2. The average molecular weight is 482 g/mol. The Bertz CT molecular complexity index is 1380. The topological polar surface area (TPSA) is 71.7 Å². The lowest BCUT2D eigenvalue weighted by atomic mass is 10.2. The van der Waals surface area contributed by atoms with E-state index >= 15 is 0 Å². The van der Waals surface area contributed by atoms with Crippen LogP contribution in [0.3, 0.4) is 0 Å². The van der Waals surface area contributed by atoms with Crippen LogP contribution in [-0.2, 0) is 21.4 Å². The monoisotopic (exact) mass is 481 g/mol. The number of hydrogen-bond donors (Lipinski definition) is 0. The van der Waals surface area contributed by atoms with E-state index in [2.05, 4.69) is 11.6 Å². The molecule has 4 rings (SSSR count). The molecule has 1 unspecified atom stereocenters. The standard InChI is InChI=1S/C21H18F3N3O3S2/c1-2-9-26-19-16(24)11-14(23)12-18(19)31-21(26)25-20(28)17-4-3-10-27(17)32(29,30)15-7-5-13(22)6-8-15/h2,5-8,11-12,17H,1,3-4,9-10H2. The fourth-order valence-corrected chi connectivity index (χ4v) is 6.43. The Hall–Kier alpha value is -2.76. The average Bonchev–Trinajstić information content (AvgIpc) is 3.35. The van der Waals surface area contributed by atoms with Crippen LogP contribution in [0.2, 0.25) is 0 Å². The number of amides is 1. The summed E-state index contributed by atoms with van der Waals surface area (Å²) in [5.41, 5.74) is 0.0880. The lowest BCUT2D eigenvalue weighted by Crippen LogP contribution is -2.40. The van der Waals surface area contributed by atoms with Gasteiger partial charge in [0.25, 0.3) is 5.91 Å². The molecule has 0 aliphatic carbocycles. The Kier molecular flexibility index (Phi) is 6.06. The molecule has 1 aliphatic heterocycles. The number of rotatable bonds is 5. The number of nitrogens with zero attached hydrogens (tertiary/aromatic N) is 3. The van der Waals surface area contributed by atoms with Gasteiger partial charge in [-0.15, -0.1) is 6.58 Å². The quantitative estimate of drug-likeness (QED) is 0.523. The molecule has 168 valence electrons. The summed E-state index contributed by atoms with van der Waals surface area (Å²) in [6.07, 6.45) is 2.20. The van der Waals surface area contributed by atoms with Gasteiger partial charge in [-0.25, -0.2) is 21.6 Å². The largest absolute Gasteiger partial charge is 0.310 e. The highest BCUT2D eigenvalue weighted by Gasteiger charge is 2.39. The zero-order valence-corrected chi connectivity index (χ0v) is 18.3. The van der Waals surface area contributed by atoms with Crippen LogP contribution in [0.1, 0.15) is 12.8 Å². The van der Waals surface area contributed by atoms with E-state index in [4.69, 9.17) is 0 Å². The predicted molar refractivity (Wildman–Crippen MR) is 114 cm³/mol. The summed E-state index contributed by atoms with van der Waals surface area (Å²) in [5, 5.41) is 0. The Morgan fingerprint density at radius 1 is 1.19 bits per heavy atom. The van der Waals surface area contributed by atoms with Gasteiger partial charge < -0.3 is 4.57 Å². The molecule has 2 aromatic carbocycles.